The van der Waals surface area contributed by atoms with E-state index in [2.05, 4.69) is 10.3 Å². The third-order valence-corrected chi connectivity index (χ3v) is 4.76. The van der Waals surface area contributed by atoms with Crippen molar-refractivity contribution in [1.29, 1.82) is 0 Å². The number of nitrogens with zero attached hydrogens (tertiary/aromatic N) is 2. The number of thiazole rings is 1. The van der Waals surface area contributed by atoms with Gasteiger partial charge in [-0.15, -0.1) is 0 Å². The van der Waals surface area contributed by atoms with Crippen molar-refractivity contribution in [2.24, 2.45) is 0 Å². The zero-order chi connectivity index (χ0) is 14.5. The van der Waals surface area contributed by atoms with Gasteiger partial charge in [0.2, 0.25) is 0 Å². The number of aliphatic hydroxyl groups excluding tert-OH is 1. The standard InChI is InChI=1S/C13H22N4O2S/c1-15-13-16-11(14)10(20-13)12(19)17(7-8-18)9-5-3-2-4-6-9/h9,18H,2-8,14H2,1H3,(H,15,16). The largest absolute Gasteiger partial charge is 0.395 e. The summed E-state index contributed by atoms with van der Waals surface area (Å²) in [5, 5.41) is 12.8. The molecular weight excluding hydrogens is 276 g/mol. The molecule has 4 N–H and O–H groups in total. The predicted octanol–water partition coefficient (Wildman–Crippen LogP) is 1.53. The summed E-state index contributed by atoms with van der Waals surface area (Å²) in [7, 11) is 1.75. The number of amides is 1. The molecule has 0 saturated heterocycles. The fourth-order valence-corrected chi connectivity index (χ4v) is 3.47. The first-order chi connectivity index (χ1) is 9.67. The number of nitrogens with one attached hydrogen (secondary N) is 1. The van der Waals surface area contributed by atoms with Crippen LogP contribution >= 0.6 is 11.3 Å². The second-order valence-corrected chi connectivity index (χ2v) is 6.00. The van der Waals surface area contributed by atoms with E-state index in [9.17, 15) is 9.90 Å². The Balaban J connectivity index is 2.18. The predicted molar refractivity (Wildman–Crippen MR) is 81.1 cm³/mol. The molecule has 7 heteroatoms. The summed E-state index contributed by atoms with van der Waals surface area (Å²) in [4.78, 5) is 19.0. The van der Waals surface area contributed by atoms with Crippen molar-refractivity contribution < 1.29 is 9.90 Å². The van der Waals surface area contributed by atoms with Crippen molar-refractivity contribution in [3.63, 3.8) is 0 Å². The highest BCUT2D eigenvalue weighted by Crippen LogP contribution is 2.29. The van der Waals surface area contributed by atoms with Gasteiger partial charge in [0.25, 0.3) is 5.91 Å². The number of carbonyl (C=O) groups is 1. The van der Waals surface area contributed by atoms with Crippen LogP contribution in [0.2, 0.25) is 0 Å². The molecule has 0 atom stereocenters. The van der Waals surface area contributed by atoms with Crippen molar-refractivity contribution in [2.45, 2.75) is 38.1 Å². The molecule has 1 aliphatic rings. The van der Waals surface area contributed by atoms with Crippen LogP contribution in [0.4, 0.5) is 10.9 Å². The smallest absolute Gasteiger partial charge is 0.268 e. The number of hydrogen-bond donors (Lipinski definition) is 3. The molecule has 0 aliphatic heterocycles. The van der Waals surface area contributed by atoms with Gasteiger partial charge in [-0.2, -0.15) is 0 Å². The van der Waals surface area contributed by atoms with Gasteiger partial charge in [0.1, 0.15) is 10.7 Å². The Kier molecular flexibility index (Phi) is 5.19. The Labute approximate surface area is 123 Å². The molecule has 0 spiro atoms. The molecule has 1 aromatic heterocycles. The first kappa shape index (κ1) is 15.1. The summed E-state index contributed by atoms with van der Waals surface area (Å²) in [6, 6.07) is 0.211. The maximum atomic E-state index is 12.7. The van der Waals surface area contributed by atoms with Gasteiger partial charge in [0.15, 0.2) is 5.13 Å². The van der Waals surface area contributed by atoms with Crippen molar-refractivity contribution in [3.8, 4) is 0 Å². The molecule has 2 rings (SSSR count). The van der Waals surface area contributed by atoms with Crippen LogP contribution in [0.1, 0.15) is 41.8 Å². The van der Waals surface area contributed by atoms with Gasteiger partial charge in [0, 0.05) is 19.6 Å². The van der Waals surface area contributed by atoms with E-state index >= 15 is 0 Å². The van der Waals surface area contributed by atoms with Gasteiger partial charge < -0.3 is 21.1 Å². The molecule has 1 amide bonds. The third kappa shape index (κ3) is 3.21. The van der Waals surface area contributed by atoms with Crippen LogP contribution in [0.3, 0.4) is 0 Å². The van der Waals surface area contributed by atoms with Crippen LogP contribution in [-0.4, -0.2) is 47.1 Å². The zero-order valence-electron chi connectivity index (χ0n) is 11.8. The number of nitrogen functional groups attached to an aromatic ring is 1. The van der Waals surface area contributed by atoms with Crippen LogP contribution in [-0.2, 0) is 0 Å². The van der Waals surface area contributed by atoms with E-state index in [0.29, 0.717) is 16.6 Å². The minimum Gasteiger partial charge on any atom is -0.395 e. The first-order valence-electron chi connectivity index (χ1n) is 7.03. The Hall–Kier alpha value is -1.34. The molecule has 0 bridgehead atoms. The Morgan fingerprint density at radius 2 is 2.20 bits per heavy atom. The average Bonchev–Trinajstić information content (AvgIpc) is 2.86. The minimum absolute atomic E-state index is 0.0279. The van der Waals surface area contributed by atoms with Crippen molar-refractivity contribution in [2.75, 3.05) is 31.2 Å². The highest BCUT2D eigenvalue weighted by atomic mass is 32.1. The van der Waals surface area contributed by atoms with E-state index in [1.54, 1.807) is 11.9 Å². The lowest BCUT2D eigenvalue weighted by Crippen LogP contribution is -2.43. The highest BCUT2D eigenvalue weighted by Gasteiger charge is 2.28. The monoisotopic (exact) mass is 298 g/mol. The Morgan fingerprint density at radius 1 is 1.50 bits per heavy atom. The number of anilines is 2. The lowest BCUT2D eigenvalue weighted by atomic mass is 9.94. The molecule has 0 radical (unpaired) electrons. The maximum Gasteiger partial charge on any atom is 0.268 e. The average molecular weight is 298 g/mol. The summed E-state index contributed by atoms with van der Waals surface area (Å²) >= 11 is 1.27. The summed E-state index contributed by atoms with van der Waals surface area (Å²) in [6.45, 7) is 0.329. The SMILES string of the molecule is CNc1nc(N)c(C(=O)N(CCO)C2CCCCC2)s1. The summed E-state index contributed by atoms with van der Waals surface area (Å²) < 4.78 is 0. The molecule has 1 fully saturated rings. The van der Waals surface area contributed by atoms with Crippen LogP contribution in [0.25, 0.3) is 0 Å². The van der Waals surface area contributed by atoms with Crippen molar-refractivity contribution in [3.05, 3.63) is 4.88 Å². The topological polar surface area (TPSA) is 91.5 Å². The molecule has 0 unspecified atom stereocenters. The molecule has 1 saturated carbocycles. The van der Waals surface area contributed by atoms with Gasteiger partial charge in [-0.25, -0.2) is 4.98 Å². The van der Waals surface area contributed by atoms with Crippen LogP contribution in [0.5, 0.6) is 0 Å². The third-order valence-electron chi connectivity index (χ3n) is 3.68. The van der Waals surface area contributed by atoms with E-state index in [0.717, 1.165) is 25.7 Å². The lowest BCUT2D eigenvalue weighted by molar-refractivity contribution is 0.0591. The van der Waals surface area contributed by atoms with Gasteiger partial charge in [-0.05, 0) is 12.8 Å². The van der Waals surface area contributed by atoms with Gasteiger partial charge >= 0.3 is 0 Å². The zero-order valence-corrected chi connectivity index (χ0v) is 12.6. The van der Waals surface area contributed by atoms with Crippen LogP contribution in [0, 0.1) is 0 Å². The number of hydrogen-bond acceptors (Lipinski definition) is 6. The molecule has 20 heavy (non-hydrogen) atoms. The number of rotatable bonds is 5. The molecule has 1 aromatic rings. The quantitative estimate of drug-likeness (QED) is 0.767. The molecule has 1 aliphatic carbocycles. The number of carbonyl (C=O) groups excluding carboxylic acids is 1. The fourth-order valence-electron chi connectivity index (χ4n) is 2.67. The van der Waals surface area contributed by atoms with E-state index in [-0.39, 0.29) is 24.4 Å². The highest BCUT2D eigenvalue weighted by molar-refractivity contribution is 7.18. The number of aliphatic hydroxyl groups is 1. The van der Waals surface area contributed by atoms with Gasteiger partial charge in [-0.3, -0.25) is 4.79 Å². The summed E-state index contributed by atoms with van der Waals surface area (Å²) in [6.07, 6.45) is 5.51. The summed E-state index contributed by atoms with van der Waals surface area (Å²) in [5.74, 6) is 0.158. The van der Waals surface area contributed by atoms with E-state index in [1.807, 2.05) is 0 Å². The van der Waals surface area contributed by atoms with Gasteiger partial charge in [0.05, 0.1) is 6.61 Å². The van der Waals surface area contributed by atoms with E-state index < -0.39 is 0 Å². The normalized spacial score (nSPS) is 16.1. The number of nitrogens with two attached hydrogens (primary N) is 1. The Morgan fingerprint density at radius 3 is 2.75 bits per heavy atom. The molecule has 112 valence electrons. The molecule has 0 aromatic carbocycles. The molecular formula is C13H22N4O2S. The van der Waals surface area contributed by atoms with Crippen LogP contribution < -0.4 is 11.1 Å². The van der Waals surface area contributed by atoms with E-state index in [4.69, 9.17) is 5.73 Å². The van der Waals surface area contributed by atoms with Crippen LogP contribution in [0.15, 0.2) is 0 Å². The van der Waals surface area contributed by atoms with E-state index in [1.165, 1.54) is 17.8 Å². The lowest BCUT2D eigenvalue weighted by Gasteiger charge is -2.33. The number of aromatic nitrogens is 1. The second kappa shape index (κ2) is 6.90. The minimum atomic E-state index is -0.109. The molecule has 6 nitrogen and oxygen atoms in total. The Bertz CT molecular complexity index is 457. The fraction of sp³-hybridized carbons (Fsp3) is 0.692. The van der Waals surface area contributed by atoms with Crippen molar-refractivity contribution in [1.82, 2.24) is 9.88 Å². The first-order valence-corrected chi connectivity index (χ1v) is 7.85. The summed E-state index contributed by atoms with van der Waals surface area (Å²) in [5.41, 5.74) is 5.83. The molecule has 1 heterocycles. The van der Waals surface area contributed by atoms with Crippen molar-refractivity contribution >= 4 is 28.2 Å². The van der Waals surface area contributed by atoms with Gasteiger partial charge in [-0.1, -0.05) is 30.6 Å². The maximum absolute atomic E-state index is 12.7. The second-order valence-electron chi connectivity index (χ2n) is 5.00.